The molecule has 2 rings (SSSR count). The van der Waals surface area contributed by atoms with Crippen molar-refractivity contribution in [1.29, 1.82) is 0 Å². The fraction of sp³-hybridized carbons (Fsp3) is 0.143. The molecule has 0 saturated carbocycles. The van der Waals surface area contributed by atoms with Crippen molar-refractivity contribution in [2.45, 2.75) is 6.54 Å². The highest BCUT2D eigenvalue weighted by Gasteiger charge is 2.10. The predicted molar refractivity (Wildman–Crippen MR) is 66.6 cm³/mol. The maximum Gasteiger partial charge on any atom is 0.161 e. The zero-order valence-corrected chi connectivity index (χ0v) is 10.2. The molecule has 0 aliphatic carbocycles. The summed E-state index contributed by atoms with van der Waals surface area (Å²) in [5, 5.41) is 2.71. The summed E-state index contributed by atoms with van der Waals surface area (Å²) in [4.78, 5) is 0. The molecule has 19 heavy (non-hydrogen) atoms. The molecule has 100 valence electrons. The molecule has 0 bridgehead atoms. The Morgan fingerprint density at radius 2 is 1.68 bits per heavy atom. The summed E-state index contributed by atoms with van der Waals surface area (Å²) >= 11 is 0. The van der Waals surface area contributed by atoms with Gasteiger partial charge in [0.05, 0.1) is 12.8 Å². The van der Waals surface area contributed by atoms with E-state index < -0.39 is 17.5 Å². The lowest BCUT2D eigenvalue weighted by atomic mass is 10.2. The molecule has 0 amide bonds. The van der Waals surface area contributed by atoms with Gasteiger partial charge in [0.25, 0.3) is 0 Å². The Bertz CT molecular complexity index is 587. The Morgan fingerprint density at radius 3 is 2.42 bits per heavy atom. The van der Waals surface area contributed by atoms with Gasteiger partial charge >= 0.3 is 0 Å². The second kappa shape index (κ2) is 5.65. The number of nitrogens with one attached hydrogen (secondary N) is 1. The Labute approximate surface area is 108 Å². The predicted octanol–water partition coefficient (Wildman–Crippen LogP) is 3.72. The topological polar surface area (TPSA) is 21.3 Å². The Balaban J connectivity index is 2.17. The lowest BCUT2D eigenvalue weighted by molar-refractivity contribution is 0.410. The molecular formula is C14H12F3NO. The first kappa shape index (κ1) is 13.3. The Kier molecular flexibility index (Phi) is 3.94. The monoisotopic (exact) mass is 267 g/mol. The van der Waals surface area contributed by atoms with E-state index in [2.05, 4.69) is 5.32 Å². The number of hydrogen-bond acceptors (Lipinski definition) is 2. The fourth-order valence-electron chi connectivity index (χ4n) is 1.70. The second-order valence-electron chi connectivity index (χ2n) is 3.91. The Hall–Kier alpha value is -2.17. The summed E-state index contributed by atoms with van der Waals surface area (Å²) < 4.78 is 44.4. The zero-order valence-electron chi connectivity index (χ0n) is 10.2. The molecule has 0 atom stereocenters. The highest BCUT2D eigenvalue weighted by atomic mass is 19.2. The number of halogens is 3. The van der Waals surface area contributed by atoms with Crippen LogP contribution in [0.25, 0.3) is 0 Å². The molecule has 0 aliphatic rings. The van der Waals surface area contributed by atoms with Crippen LogP contribution in [0.1, 0.15) is 5.56 Å². The molecule has 0 spiro atoms. The van der Waals surface area contributed by atoms with Crippen molar-refractivity contribution in [3.63, 3.8) is 0 Å². The van der Waals surface area contributed by atoms with Gasteiger partial charge < -0.3 is 10.1 Å². The summed E-state index contributed by atoms with van der Waals surface area (Å²) in [7, 11) is 1.52. The molecule has 2 nitrogen and oxygen atoms in total. The highest BCUT2D eigenvalue weighted by molar-refractivity contribution is 5.47. The number of para-hydroxylation sites is 1. The first-order valence-electron chi connectivity index (χ1n) is 5.62. The minimum Gasteiger partial charge on any atom is -0.496 e. The van der Waals surface area contributed by atoms with Crippen molar-refractivity contribution in [3.8, 4) is 5.75 Å². The quantitative estimate of drug-likeness (QED) is 0.852. The summed E-state index contributed by atoms with van der Waals surface area (Å²) in [6.07, 6.45) is 0. The lowest BCUT2D eigenvalue weighted by Gasteiger charge is -2.11. The van der Waals surface area contributed by atoms with Crippen molar-refractivity contribution in [1.82, 2.24) is 0 Å². The number of methoxy groups -OCH3 is 1. The molecule has 0 radical (unpaired) electrons. The van der Waals surface area contributed by atoms with E-state index in [0.29, 0.717) is 11.8 Å². The third kappa shape index (κ3) is 2.99. The number of benzene rings is 2. The molecule has 0 aromatic heterocycles. The van der Waals surface area contributed by atoms with Gasteiger partial charge in [-0.05, 0) is 6.07 Å². The molecular weight excluding hydrogens is 255 g/mol. The SMILES string of the molecule is COc1ccccc1CNc1cc(F)c(F)cc1F. The van der Waals surface area contributed by atoms with Crippen LogP contribution in [0.4, 0.5) is 18.9 Å². The van der Waals surface area contributed by atoms with Crippen LogP contribution in [-0.4, -0.2) is 7.11 Å². The van der Waals surface area contributed by atoms with Gasteiger partial charge in [-0.25, -0.2) is 13.2 Å². The maximum atomic E-state index is 13.4. The van der Waals surface area contributed by atoms with E-state index in [1.54, 1.807) is 24.3 Å². The molecule has 5 heteroatoms. The van der Waals surface area contributed by atoms with Gasteiger partial charge in [0, 0.05) is 24.2 Å². The van der Waals surface area contributed by atoms with Crippen LogP contribution in [0.15, 0.2) is 36.4 Å². The van der Waals surface area contributed by atoms with Crippen molar-refractivity contribution >= 4 is 5.69 Å². The first-order chi connectivity index (χ1) is 9.11. The smallest absolute Gasteiger partial charge is 0.161 e. The van der Waals surface area contributed by atoms with Crippen molar-refractivity contribution in [3.05, 3.63) is 59.4 Å². The van der Waals surface area contributed by atoms with E-state index in [-0.39, 0.29) is 12.2 Å². The fourth-order valence-corrected chi connectivity index (χ4v) is 1.70. The van der Waals surface area contributed by atoms with Gasteiger partial charge in [0.1, 0.15) is 11.6 Å². The number of anilines is 1. The highest BCUT2D eigenvalue weighted by Crippen LogP contribution is 2.22. The minimum atomic E-state index is -1.21. The normalized spacial score (nSPS) is 10.3. The van der Waals surface area contributed by atoms with Crippen LogP contribution in [0, 0.1) is 17.5 Å². The number of hydrogen-bond donors (Lipinski definition) is 1. The van der Waals surface area contributed by atoms with Crippen LogP contribution in [0.3, 0.4) is 0 Å². The molecule has 0 fully saturated rings. The molecule has 0 saturated heterocycles. The molecule has 0 aliphatic heterocycles. The summed E-state index contributed by atoms with van der Waals surface area (Å²) in [5.41, 5.74) is 0.693. The lowest BCUT2D eigenvalue weighted by Crippen LogP contribution is -2.04. The van der Waals surface area contributed by atoms with Crippen LogP contribution in [0.5, 0.6) is 5.75 Å². The average Bonchev–Trinajstić information content (AvgIpc) is 2.41. The van der Waals surface area contributed by atoms with E-state index in [1.165, 1.54) is 7.11 Å². The zero-order chi connectivity index (χ0) is 13.8. The van der Waals surface area contributed by atoms with E-state index in [0.717, 1.165) is 11.6 Å². The van der Waals surface area contributed by atoms with Crippen LogP contribution in [0.2, 0.25) is 0 Å². The second-order valence-corrected chi connectivity index (χ2v) is 3.91. The van der Waals surface area contributed by atoms with E-state index >= 15 is 0 Å². The standard InChI is InChI=1S/C14H12F3NO/c1-19-14-5-3-2-4-9(14)8-18-13-7-11(16)10(15)6-12(13)17/h2-7,18H,8H2,1H3. The molecule has 0 unspecified atom stereocenters. The van der Waals surface area contributed by atoms with Crippen LogP contribution < -0.4 is 10.1 Å². The molecule has 1 N–H and O–H groups in total. The number of ether oxygens (including phenoxy) is 1. The first-order valence-corrected chi connectivity index (χ1v) is 5.62. The van der Waals surface area contributed by atoms with E-state index in [1.807, 2.05) is 0 Å². The van der Waals surface area contributed by atoms with Crippen LogP contribution >= 0.6 is 0 Å². The van der Waals surface area contributed by atoms with E-state index in [4.69, 9.17) is 4.74 Å². The molecule has 2 aromatic rings. The minimum absolute atomic E-state index is 0.0928. The molecule has 2 aromatic carbocycles. The largest absolute Gasteiger partial charge is 0.496 e. The van der Waals surface area contributed by atoms with Crippen molar-refractivity contribution < 1.29 is 17.9 Å². The third-order valence-electron chi connectivity index (χ3n) is 2.67. The average molecular weight is 267 g/mol. The van der Waals surface area contributed by atoms with Crippen molar-refractivity contribution in [2.24, 2.45) is 0 Å². The van der Waals surface area contributed by atoms with Gasteiger partial charge in [0.2, 0.25) is 0 Å². The van der Waals surface area contributed by atoms with E-state index in [9.17, 15) is 13.2 Å². The van der Waals surface area contributed by atoms with Crippen LogP contribution in [-0.2, 0) is 6.54 Å². The summed E-state index contributed by atoms with van der Waals surface area (Å²) in [6.45, 7) is 0.242. The maximum absolute atomic E-state index is 13.4. The number of rotatable bonds is 4. The van der Waals surface area contributed by atoms with Gasteiger partial charge in [-0.3, -0.25) is 0 Å². The van der Waals surface area contributed by atoms with Crippen molar-refractivity contribution in [2.75, 3.05) is 12.4 Å². The Morgan fingerprint density at radius 1 is 1.00 bits per heavy atom. The third-order valence-corrected chi connectivity index (χ3v) is 2.67. The van der Waals surface area contributed by atoms with Gasteiger partial charge in [-0.1, -0.05) is 18.2 Å². The summed E-state index contributed by atoms with van der Waals surface area (Å²) in [6, 6.07) is 8.48. The molecule has 0 heterocycles. The van der Waals surface area contributed by atoms with Gasteiger partial charge in [-0.15, -0.1) is 0 Å². The van der Waals surface area contributed by atoms with Gasteiger partial charge in [-0.2, -0.15) is 0 Å². The van der Waals surface area contributed by atoms with Gasteiger partial charge in [0.15, 0.2) is 11.6 Å². The summed E-state index contributed by atoms with van der Waals surface area (Å²) in [5.74, 6) is -2.50.